The van der Waals surface area contributed by atoms with Crippen LogP contribution in [0.3, 0.4) is 0 Å². The normalized spacial score (nSPS) is 10.8. The molecule has 0 bridgehead atoms. The standard InChI is InChI=1S/C51H52ClN9O5/c1-60(2)31-34-11-9-33(10-12-34)28-54-48(62)41-21-36(29-56-51(65)59-45-18-15-38(27-53)47(52)26-45)19-39(23-41)40-20-37(30-55-50(64)58-44-7-6-8-46(25-44)66-5)22-42(24-40)49(63)57-43-16-13-35(14-17-43)32-61(3)4/h6-26H,28-32H2,1-5H3,(H,54,62)(H,57,63)(H2,55,58,64)(H2,56,59,65). The predicted molar refractivity (Wildman–Crippen MR) is 260 cm³/mol. The molecule has 0 unspecified atom stereocenters. The molecule has 6 amide bonds. The Kier molecular flexibility index (Phi) is 16.5. The van der Waals surface area contributed by atoms with E-state index >= 15 is 0 Å². The highest BCUT2D eigenvalue weighted by Gasteiger charge is 2.16. The number of nitriles is 1. The number of nitrogens with one attached hydrogen (secondary N) is 6. The fraction of sp³-hybridized carbons (Fsp3) is 0.196. The molecule has 0 radical (unpaired) electrons. The number of carbonyl (C=O) groups is 4. The summed E-state index contributed by atoms with van der Waals surface area (Å²) in [4.78, 5) is 58.3. The molecule has 0 atom stereocenters. The Morgan fingerprint density at radius 2 is 1.05 bits per heavy atom. The van der Waals surface area contributed by atoms with Gasteiger partial charge in [0.25, 0.3) is 11.8 Å². The molecule has 0 aliphatic heterocycles. The van der Waals surface area contributed by atoms with Gasteiger partial charge in [-0.15, -0.1) is 0 Å². The van der Waals surface area contributed by atoms with Crippen molar-refractivity contribution in [2.24, 2.45) is 0 Å². The lowest BCUT2D eigenvalue weighted by Crippen LogP contribution is -2.28. The van der Waals surface area contributed by atoms with Crippen molar-refractivity contribution in [2.75, 3.05) is 51.3 Å². The molecule has 14 nitrogen and oxygen atoms in total. The van der Waals surface area contributed by atoms with Gasteiger partial charge < -0.3 is 46.4 Å². The number of methoxy groups -OCH3 is 1. The van der Waals surface area contributed by atoms with Gasteiger partial charge in [0.1, 0.15) is 11.8 Å². The Morgan fingerprint density at radius 3 is 1.58 bits per heavy atom. The van der Waals surface area contributed by atoms with E-state index in [2.05, 4.69) is 41.7 Å². The number of hydrogen-bond acceptors (Lipinski definition) is 8. The molecule has 0 spiro atoms. The van der Waals surface area contributed by atoms with Crippen molar-refractivity contribution in [3.8, 4) is 22.9 Å². The van der Waals surface area contributed by atoms with Crippen LogP contribution in [-0.2, 0) is 32.7 Å². The van der Waals surface area contributed by atoms with Gasteiger partial charge >= 0.3 is 12.1 Å². The van der Waals surface area contributed by atoms with Gasteiger partial charge in [0.15, 0.2) is 0 Å². The monoisotopic (exact) mass is 905 g/mol. The summed E-state index contributed by atoms with van der Waals surface area (Å²) in [5, 5.41) is 26.7. The molecule has 66 heavy (non-hydrogen) atoms. The third kappa shape index (κ3) is 14.2. The molecular formula is C51H52ClN9O5. The molecule has 6 N–H and O–H groups in total. The van der Waals surface area contributed by atoms with Crippen molar-refractivity contribution < 1.29 is 23.9 Å². The molecule has 15 heteroatoms. The van der Waals surface area contributed by atoms with Crippen LogP contribution in [-0.4, -0.2) is 69.0 Å². The minimum atomic E-state index is -0.543. The van der Waals surface area contributed by atoms with Crippen molar-refractivity contribution in [3.05, 3.63) is 177 Å². The number of ether oxygens (including phenoxy) is 1. The highest BCUT2D eigenvalue weighted by Crippen LogP contribution is 2.27. The average molecular weight is 906 g/mol. The number of rotatable bonds is 17. The van der Waals surface area contributed by atoms with Crippen LogP contribution in [0.2, 0.25) is 5.02 Å². The predicted octanol–water partition coefficient (Wildman–Crippen LogP) is 8.84. The van der Waals surface area contributed by atoms with Crippen LogP contribution in [0.25, 0.3) is 11.1 Å². The number of halogens is 1. The maximum Gasteiger partial charge on any atom is 0.319 e. The zero-order valence-corrected chi connectivity index (χ0v) is 38.2. The molecule has 0 aliphatic rings. The van der Waals surface area contributed by atoms with E-state index in [1.807, 2.05) is 94.9 Å². The summed E-state index contributed by atoms with van der Waals surface area (Å²) < 4.78 is 5.29. The lowest BCUT2D eigenvalue weighted by atomic mass is 9.95. The third-order valence-electron chi connectivity index (χ3n) is 10.1. The van der Waals surface area contributed by atoms with Crippen molar-refractivity contribution in [3.63, 3.8) is 0 Å². The summed E-state index contributed by atoms with van der Waals surface area (Å²) in [6.45, 7) is 1.86. The Balaban J connectivity index is 1.31. The van der Waals surface area contributed by atoms with Gasteiger partial charge in [0.2, 0.25) is 0 Å². The highest BCUT2D eigenvalue weighted by molar-refractivity contribution is 6.32. The first-order chi connectivity index (χ1) is 31.7. The Hall–Kier alpha value is -7.70. The van der Waals surface area contributed by atoms with Crippen molar-refractivity contribution in [1.29, 1.82) is 5.26 Å². The lowest BCUT2D eigenvalue weighted by molar-refractivity contribution is 0.0950. The lowest BCUT2D eigenvalue weighted by Gasteiger charge is -2.15. The number of amides is 6. The molecule has 6 aromatic rings. The van der Waals surface area contributed by atoms with Gasteiger partial charge in [-0.3, -0.25) is 9.59 Å². The topological polar surface area (TPSA) is 180 Å². The molecule has 0 aromatic heterocycles. The van der Waals surface area contributed by atoms with E-state index < -0.39 is 12.1 Å². The van der Waals surface area contributed by atoms with Crippen LogP contribution >= 0.6 is 11.6 Å². The molecule has 6 rings (SSSR count). The highest BCUT2D eigenvalue weighted by atomic mass is 35.5. The van der Waals surface area contributed by atoms with E-state index in [0.29, 0.717) is 56.2 Å². The fourth-order valence-electron chi connectivity index (χ4n) is 6.96. The summed E-state index contributed by atoms with van der Waals surface area (Å²) >= 11 is 6.19. The largest absolute Gasteiger partial charge is 0.497 e. The minimum Gasteiger partial charge on any atom is -0.497 e. The van der Waals surface area contributed by atoms with Gasteiger partial charge in [-0.05, 0) is 146 Å². The Bertz CT molecular complexity index is 2740. The van der Waals surface area contributed by atoms with E-state index in [9.17, 15) is 24.4 Å². The number of nitrogens with zero attached hydrogens (tertiary/aromatic N) is 3. The molecule has 0 fully saturated rings. The molecule has 0 saturated carbocycles. The van der Waals surface area contributed by atoms with Crippen molar-refractivity contribution in [1.82, 2.24) is 25.8 Å². The fourth-order valence-corrected chi connectivity index (χ4v) is 7.18. The zero-order valence-electron chi connectivity index (χ0n) is 37.4. The summed E-state index contributed by atoms with van der Waals surface area (Å²) in [6.07, 6.45) is 0. The zero-order chi connectivity index (χ0) is 47.2. The number of anilines is 3. The summed E-state index contributed by atoms with van der Waals surface area (Å²) in [5.41, 5.74) is 7.93. The second kappa shape index (κ2) is 22.8. The van der Waals surface area contributed by atoms with Gasteiger partial charge in [-0.2, -0.15) is 5.26 Å². The summed E-state index contributed by atoms with van der Waals surface area (Å²) in [6, 6.07) is 38.6. The van der Waals surface area contributed by atoms with Gasteiger partial charge in [-0.1, -0.05) is 54.1 Å². The SMILES string of the molecule is COc1cccc(NC(=O)NCc2cc(C(=O)Nc3ccc(CN(C)C)cc3)cc(-c3cc(CNC(=O)Nc4ccc(C#N)c(Cl)c4)cc(C(=O)NCc4ccc(CN(C)C)cc4)c3)c2)c1. The second-order valence-electron chi connectivity index (χ2n) is 16.1. The number of hydrogen-bond donors (Lipinski definition) is 6. The van der Waals surface area contributed by atoms with Crippen LogP contribution in [0.1, 0.15) is 54.1 Å². The molecule has 0 saturated heterocycles. The number of urea groups is 2. The van der Waals surface area contributed by atoms with Crippen molar-refractivity contribution in [2.45, 2.75) is 32.7 Å². The van der Waals surface area contributed by atoms with E-state index in [1.165, 1.54) is 12.1 Å². The third-order valence-corrected chi connectivity index (χ3v) is 10.4. The van der Waals surface area contributed by atoms with Gasteiger partial charge in [0.05, 0.1) is 17.7 Å². The first-order valence-electron chi connectivity index (χ1n) is 21.0. The van der Waals surface area contributed by atoms with Gasteiger partial charge in [0, 0.05) is 67.0 Å². The molecule has 338 valence electrons. The maximum atomic E-state index is 14.0. The minimum absolute atomic E-state index is 0.0140. The van der Waals surface area contributed by atoms with Crippen molar-refractivity contribution >= 4 is 52.5 Å². The smallest absolute Gasteiger partial charge is 0.319 e. The molecule has 6 aromatic carbocycles. The number of carbonyl (C=O) groups excluding carboxylic acids is 4. The van der Waals surface area contributed by atoms with Crippen LogP contribution in [0.4, 0.5) is 26.7 Å². The van der Waals surface area contributed by atoms with Gasteiger partial charge in [-0.25, -0.2) is 9.59 Å². The van der Waals surface area contributed by atoms with Crippen LogP contribution in [0, 0.1) is 11.3 Å². The molecular weight excluding hydrogens is 854 g/mol. The summed E-state index contributed by atoms with van der Waals surface area (Å²) in [5.74, 6) is -0.152. The van der Waals surface area contributed by atoms with Crippen LogP contribution in [0.15, 0.2) is 127 Å². The van der Waals surface area contributed by atoms with Crippen LogP contribution in [0.5, 0.6) is 5.75 Å². The maximum absolute atomic E-state index is 14.0. The van der Waals surface area contributed by atoms with E-state index in [-0.39, 0.29) is 42.0 Å². The Labute approximate surface area is 389 Å². The first-order valence-corrected chi connectivity index (χ1v) is 21.4. The molecule has 0 aliphatic carbocycles. The quantitative estimate of drug-likeness (QED) is 0.0526. The average Bonchev–Trinajstić information content (AvgIpc) is 3.30. The Morgan fingerprint density at radius 1 is 0.545 bits per heavy atom. The second-order valence-corrected chi connectivity index (χ2v) is 16.5. The van der Waals surface area contributed by atoms with E-state index in [4.69, 9.17) is 16.3 Å². The van der Waals surface area contributed by atoms with E-state index in [1.54, 1.807) is 61.7 Å². The molecule has 0 heterocycles. The summed E-state index contributed by atoms with van der Waals surface area (Å²) in [7, 11) is 9.52. The first kappa shape index (κ1) is 47.8. The van der Waals surface area contributed by atoms with E-state index in [0.717, 1.165) is 29.8 Å². The van der Waals surface area contributed by atoms with Crippen LogP contribution < -0.4 is 36.6 Å². The number of benzene rings is 6.